The van der Waals surface area contributed by atoms with Crippen LogP contribution in [0, 0.1) is 0 Å². The van der Waals surface area contributed by atoms with Crippen LogP contribution >= 0.6 is 0 Å². The van der Waals surface area contributed by atoms with E-state index in [4.69, 9.17) is 4.74 Å². The third kappa shape index (κ3) is 3.46. The minimum absolute atomic E-state index is 0.440. The highest BCUT2D eigenvalue weighted by molar-refractivity contribution is 4.83. The standard InChI is InChI=1S/C13H25NO/c1-10-8-13(9-11(2)15-10)14-12-6-4-3-5-7-12/h10-14H,3-9H2,1-2H3/t10-,11+,13?. The molecule has 1 N–H and O–H groups in total. The predicted octanol–water partition coefficient (Wildman–Crippen LogP) is 2.86. The molecule has 1 unspecified atom stereocenters. The minimum Gasteiger partial charge on any atom is -0.375 e. The molecule has 1 saturated carbocycles. The van der Waals surface area contributed by atoms with E-state index in [2.05, 4.69) is 19.2 Å². The second-order valence-corrected chi connectivity index (χ2v) is 5.43. The van der Waals surface area contributed by atoms with Crippen LogP contribution in [0.4, 0.5) is 0 Å². The average Bonchev–Trinajstić information content (AvgIpc) is 2.17. The van der Waals surface area contributed by atoms with Crippen molar-refractivity contribution in [1.82, 2.24) is 5.32 Å². The Labute approximate surface area is 93.8 Å². The van der Waals surface area contributed by atoms with E-state index in [1.54, 1.807) is 0 Å². The summed E-state index contributed by atoms with van der Waals surface area (Å²) in [5, 5.41) is 3.84. The molecule has 2 rings (SSSR count). The number of nitrogens with one attached hydrogen (secondary N) is 1. The van der Waals surface area contributed by atoms with Crippen molar-refractivity contribution in [3.63, 3.8) is 0 Å². The first-order valence-electron chi connectivity index (χ1n) is 6.65. The van der Waals surface area contributed by atoms with Crippen molar-refractivity contribution in [2.75, 3.05) is 0 Å². The Hall–Kier alpha value is -0.0800. The van der Waals surface area contributed by atoms with Crippen molar-refractivity contribution in [2.45, 2.75) is 83.1 Å². The Bertz CT molecular complexity index is 179. The molecule has 0 spiro atoms. The van der Waals surface area contributed by atoms with Gasteiger partial charge in [-0.05, 0) is 39.5 Å². The fourth-order valence-electron chi connectivity index (χ4n) is 3.14. The van der Waals surface area contributed by atoms with Gasteiger partial charge in [-0.25, -0.2) is 0 Å². The smallest absolute Gasteiger partial charge is 0.0565 e. The summed E-state index contributed by atoms with van der Waals surface area (Å²) >= 11 is 0. The van der Waals surface area contributed by atoms with Gasteiger partial charge in [0, 0.05) is 12.1 Å². The molecule has 0 aromatic rings. The molecular formula is C13H25NO. The summed E-state index contributed by atoms with van der Waals surface area (Å²) in [6.07, 6.45) is 10.3. The van der Waals surface area contributed by atoms with Crippen LogP contribution in [-0.4, -0.2) is 24.3 Å². The molecule has 0 amide bonds. The van der Waals surface area contributed by atoms with Crippen LogP contribution in [0.3, 0.4) is 0 Å². The summed E-state index contributed by atoms with van der Waals surface area (Å²) in [5.74, 6) is 0. The number of hydrogen-bond donors (Lipinski definition) is 1. The quantitative estimate of drug-likeness (QED) is 0.758. The van der Waals surface area contributed by atoms with E-state index in [0.29, 0.717) is 18.2 Å². The zero-order valence-electron chi connectivity index (χ0n) is 10.2. The number of ether oxygens (including phenoxy) is 1. The molecule has 2 nitrogen and oxygen atoms in total. The topological polar surface area (TPSA) is 21.3 Å². The van der Waals surface area contributed by atoms with Crippen LogP contribution in [0.5, 0.6) is 0 Å². The van der Waals surface area contributed by atoms with Crippen LogP contribution in [-0.2, 0) is 4.74 Å². The van der Waals surface area contributed by atoms with Gasteiger partial charge in [-0.2, -0.15) is 0 Å². The third-order valence-electron chi connectivity index (χ3n) is 3.77. The van der Waals surface area contributed by atoms with E-state index in [1.807, 2.05) is 0 Å². The van der Waals surface area contributed by atoms with Crippen molar-refractivity contribution in [1.29, 1.82) is 0 Å². The fourth-order valence-corrected chi connectivity index (χ4v) is 3.14. The van der Waals surface area contributed by atoms with Gasteiger partial charge in [0.2, 0.25) is 0 Å². The lowest BCUT2D eigenvalue weighted by Gasteiger charge is -2.36. The molecule has 1 aliphatic carbocycles. The first kappa shape index (κ1) is 11.4. The number of rotatable bonds is 2. The molecule has 1 saturated heterocycles. The van der Waals surface area contributed by atoms with Crippen LogP contribution in [0.25, 0.3) is 0 Å². The largest absolute Gasteiger partial charge is 0.375 e. The van der Waals surface area contributed by atoms with E-state index in [9.17, 15) is 0 Å². The Morgan fingerprint density at radius 1 is 0.867 bits per heavy atom. The maximum Gasteiger partial charge on any atom is 0.0565 e. The van der Waals surface area contributed by atoms with E-state index in [-0.39, 0.29) is 0 Å². The van der Waals surface area contributed by atoms with Crippen LogP contribution < -0.4 is 5.32 Å². The van der Waals surface area contributed by atoms with Gasteiger partial charge in [-0.3, -0.25) is 0 Å². The maximum absolute atomic E-state index is 5.77. The molecule has 0 aromatic heterocycles. The van der Waals surface area contributed by atoms with Crippen molar-refractivity contribution < 1.29 is 4.74 Å². The zero-order chi connectivity index (χ0) is 10.7. The van der Waals surface area contributed by atoms with Crippen LogP contribution in [0.2, 0.25) is 0 Å². The van der Waals surface area contributed by atoms with E-state index in [1.165, 1.54) is 44.9 Å². The SMILES string of the molecule is C[C@@H]1CC(NC2CCCCC2)C[C@H](C)O1. The lowest BCUT2D eigenvalue weighted by Crippen LogP contribution is -2.46. The van der Waals surface area contributed by atoms with Gasteiger partial charge in [0.25, 0.3) is 0 Å². The monoisotopic (exact) mass is 211 g/mol. The van der Waals surface area contributed by atoms with Gasteiger partial charge in [0.15, 0.2) is 0 Å². The summed E-state index contributed by atoms with van der Waals surface area (Å²) in [7, 11) is 0. The van der Waals surface area contributed by atoms with Crippen molar-refractivity contribution in [2.24, 2.45) is 0 Å². The van der Waals surface area contributed by atoms with Gasteiger partial charge in [0.1, 0.15) is 0 Å². The average molecular weight is 211 g/mol. The third-order valence-corrected chi connectivity index (χ3v) is 3.77. The summed E-state index contributed by atoms with van der Waals surface area (Å²) in [6, 6.07) is 1.49. The first-order valence-corrected chi connectivity index (χ1v) is 6.65. The predicted molar refractivity (Wildman–Crippen MR) is 63.0 cm³/mol. The van der Waals surface area contributed by atoms with Gasteiger partial charge in [-0.15, -0.1) is 0 Å². The summed E-state index contributed by atoms with van der Waals surface area (Å²) in [5.41, 5.74) is 0. The highest BCUT2D eigenvalue weighted by Crippen LogP contribution is 2.23. The lowest BCUT2D eigenvalue weighted by atomic mass is 9.92. The summed E-state index contributed by atoms with van der Waals surface area (Å²) < 4.78 is 5.77. The van der Waals surface area contributed by atoms with E-state index in [0.717, 1.165) is 6.04 Å². The molecule has 15 heavy (non-hydrogen) atoms. The normalized spacial score (nSPS) is 39.2. The highest BCUT2D eigenvalue weighted by Gasteiger charge is 2.26. The van der Waals surface area contributed by atoms with Gasteiger partial charge < -0.3 is 10.1 Å². The van der Waals surface area contributed by atoms with Gasteiger partial charge >= 0.3 is 0 Å². The summed E-state index contributed by atoms with van der Waals surface area (Å²) in [6.45, 7) is 4.40. The second-order valence-electron chi connectivity index (χ2n) is 5.43. The Morgan fingerprint density at radius 2 is 1.47 bits per heavy atom. The van der Waals surface area contributed by atoms with Gasteiger partial charge in [-0.1, -0.05) is 19.3 Å². The molecule has 1 aliphatic heterocycles. The molecule has 2 aliphatic rings. The number of hydrogen-bond acceptors (Lipinski definition) is 2. The molecule has 88 valence electrons. The zero-order valence-corrected chi connectivity index (χ0v) is 10.2. The molecule has 1 heterocycles. The first-order chi connectivity index (χ1) is 7.24. The molecular weight excluding hydrogens is 186 g/mol. The minimum atomic E-state index is 0.440. The maximum atomic E-state index is 5.77. The fraction of sp³-hybridized carbons (Fsp3) is 1.00. The molecule has 0 radical (unpaired) electrons. The molecule has 0 aromatic carbocycles. The second kappa shape index (κ2) is 5.31. The van der Waals surface area contributed by atoms with E-state index >= 15 is 0 Å². The Balaban J connectivity index is 1.77. The highest BCUT2D eigenvalue weighted by atomic mass is 16.5. The van der Waals surface area contributed by atoms with Crippen LogP contribution in [0.1, 0.15) is 58.8 Å². The van der Waals surface area contributed by atoms with Crippen molar-refractivity contribution in [3.05, 3.63) is 0 Å². The summed E-state index contributed by atoms with van der Waals surface area (Å²) in [4.78, 5) is 0. The molecule has 2 fully saturated rings. The molecule has 2 heteroatoms. The molecule has 3 atom stereocenters. The van der Waals surface area contributed by atoms with Crippen molar-refractivity contribution >= 4 is 0 Å². The van der Waals surface area contributed by atoms with Crippen molar-refractivity contribution in [3.8, 4) is 0 Å². The Kier molecular flexibility index (Phi) is 4.04. The van der Waals surface area contributed by atoms with Gasteiger partial charge in [0.05, 0.1) is 12.2 Å². The Morgan fingerprint density at radius 3 is 2.07 bits per heavy atom. The van der Waals surface area contributed by atoms with Crippen LogP contribution in [0.15, 0.2) is 0 Å². The molecule has 0 bridgehead atoms. The van der Waals surface area contributed by atoms with E-state index < -0.39 is 0 Å². The lowest BCUT2D eigenvalue weighted by molar-refractivity contribution is -0.0441.